The van der Waals surface area contributed by atoms with Crippen LogP contribution in [0.4, 0.5) is 4.39 Å². The molecule has 3 aromatic rings. The summed E-state index contributed by atoms with van der Waals surface area (Å²) < 4.78 is 18.8. The van der Waals surface area contributed by atoms with Crippen molar-refractivity contribution in [3.05, 3.63) is 69.9 Å². The maximum absolute atomic E-state index is 13.9. The summed E-state index contributed by atoms with van der Waals surface area (Å²) >= 11 is 0. The molecule has 29 heavy (non-hydrogen) atoms. The number of piperazine rings is 1. The zero-order chi connectivity index (χ0) is 20.4. The van der Waals surface area contributed by atoms with Gasteiger partial charge in [-0.3, -0.25) is 14.5 Å². The van der Waals surface area contributed by atoms with E-state index in [1.165, 1.54) is 13.2 Å². The number of amides is 1. The molecule has 1 aliphatic rings. The van der Waals surface area contributed by atoms with Gasteiger partial charge in [0, 0.05) is 38.1 Å². The van der Waals surface area contributed by atoms with Gasteiger partial charge >= 0.3 is 0 Å². The molecule has 0 atom stereocenters. The number of aromatic nitrogens is 2. The van der Waals surface area contributed by atoms with Crippen LogP contribution in [0.15, 0.2) is 47.3 Å². The van der Waals surface area contributed by atoms with E-state index in [4.69, 9.17) is 4.74 Å². The van der Waals surface area contributed by atoms with Gasteiger partial charge in [0.2, 0.25) is 0 Å². The number of aromatic amines is 1. The molecule has 1 aliphatic heterocycles. The van der Waals surface area contributed by atoms with Gasteiger partial charge in [0.1, 0.15) is 0 Å². The van der Waals surface area contributed by atoms with E-state index in [0.29, 0.717) is 43.5 Å². The Bertz CT molecular complexity index is 1110. The molecule has 2 heterocycles. The number of benzene rings is 2. The van der Waals surface area contributed by atoms with Gasteiger partial charge in [0.15, 0.2) is 17.3 Å². The SMILES string of the molecule is COc1ccc(CN2CCN(C(=O)c3n[nH]c(=O)c4ccccc34)CC2)cc1F. The van der Waals surface area contributed by atoms with Crippen molar-refractivity contribution in [2.24, 2.45) is 0 Å². The van der Waals surface area contributed by atoms with Gasteiger partial charge in [0.05, 0.1) is 12.5 Å². The largest absolute Gasteiger partial charge is 0.494 e. The summed E-state index contributed by atoms with van der Waals surface area (Å²) in [5.41, 5.74) is 0.802. The first-order valence-corrected chi connectivity index (χ1v) is 9.38. The number of fused-ring (bicyclic) bond motifs is 1. The number of H-pyrrole nitrogens is 1. The van der Waals surface area contributed by atoms with Crippen LogP contribution >= 0.6 is 0 Å². The number of ether oxygens (including phenoxy) is 1. The van der Waals surface area contributed by atoms with Gasteiger partial charge in [-0.1, -0.05) is 24.3 Å². The van der Waals surface area contributed by atoms with E-state index in [2.05, 4.69) is 15.1 Å². The van der Waals surface area contributed by atoms with E-state index in [1.807, 2.05) is 6.07 Å². The topological polar surface area (TPSA) is 78.5 Å². The molecule has 7 nitrogen and oxygen atoms in total. The van der Waals surface area contributed by atoms with E-state index in [0.717, 1.165) is 5.56 Å². The number of rotatable bonds is 4. The summed E-state index contributed by atoms with van der Waals surface area (Å²) in [7, 11) is 1.44. The zero-order valence-electron chi connectivity index (χ0n) is 16.0. The third-order valence-corrected chi connectivity index (χ3v) is 5.18. The second kappa shape index (κ2) is 8.00. The lowest BCUT2D eigenvalue weighted by molar-refractivity contribution is 0.0623. The van der Waals surface area contributed by atoms with Crippen LogP contribution < -0.4 is 10.3 Å². The summed E-state index contributed by atoms with van der Waals surface area (Å²) in [5, 5.41) is 7.41. The molecule has 0 aliphatic carbocycles. The standard InChI is InChI=1S/C21H21FN4O3/c1-29-18-7-6-14(12-17(18)22)13-25-8-10-26(11-9-25)21(28)19-15-4-2-3-5-16(15)20(27)24-23-19/h2-7,12H,8-11,13H2,1H3,(H,24,27). The third-order valence-electron chi connectivity index (χ3n) is 5.18. The van der Waals surface area contributed by atoms with Gasteiger partial charge in [-0.2, -0.15) is 5.10 Å². The van der Waals surface area contributed by atoms with Crippen molar-refractivity contribution >= 4 is 16.7 Å². The number of nitrogens with zero attached hydrogens (tertiary/aromatic N) is 3. The number of hydrogen-bond donors (Lipinski definition) is 1. The molecule has 1 amide bonds. The first-order valence-electron chi connectivity index (χ1n) is 9.38. The highest BCUT2D eigenvalue weighted by molar-refractivity contribution is 6.04. The highest BCUT2D eigenvalue weighted by Crippen LogP contribution is 2.20. The Kier molecular flexibility index (Phi) is 5.26. The number of methoxy groups -OCH3 is 1. The average molecular weight is 396 g/mol. The van der Waals surface area contributed by atoms with Gasteiger partial charge in [0.25, 0.3) is 11.5 Å². The smallest absolute Gasteiger partial charge is 0.275 e. The minimum absolute atomic E-state index is 0.201. The summed E-state index contributed by atoms with van der Waals surface area (Å²) in [5.74, 6) is -0.354. The lowest BCUT2D eigenvalue weighted by Gasteiger charge is -2.34. The third kappa shape index (κ3) is 3.84. The Morgan fingerprint density at radius 3 is 2.55 bits per heavy atom. The van der Waals surface area contributed by atoms with E-state index in [-0.39, 0.29) is 28.7 Å². The molecule has 0 bridgehead atoms. The van der Waals surface area contributed by atoms with Gasteiger partial charge in [-0.25, -0.2) is 9.49 Å². The second-order valence-corrected chi connectivity index (χ2v) is 6.98. The Labute approximate surface area is 166 Å². The number of halogens is 1. The van der Waals surface area contributed by atoms with E-state index in [9.17, 15) is 14.0 Å². The predicted octanol–water partition coefficient (Wildman–Crippen LogP) is 2.03. The van der Waals surface area contributed by atoms with Crippen molar-refractivity contribution in [2.45, 2.75) is 6.54 Å². The molecule has 0 saturated carbocycles. The van der Waals surface area contributed by atoms with Crippen LogP contribution in [0.3, 0.4) is 0 Å². The number of carbonyl (C=O) groups excluding carboxylic acids is 1. The minimum atomic E-state index is -0.380. The number of hydrogen-bond acceptors (Lipinski definition) is 5. The van der Waals surface area contributed by atoms with Gasteiger partial charge < -0.3 is 9.64 Å². The normalized spacial score (nSPS) is 14.9. The summed E-state index contributed by atoms with van der Waals surface area (Å²) in [6.07, 6.45) is 0. The molecule has 2 aromatic carbocycles. The van der Waals surface area contributed by atoms with E-state index < -0.39 is 0 Å². The molecule has 1 saturated heterocycles. The van der Waals surface area contributed by atoms with E-state index >= 15 is 0 Å². The monoisotopic (exact) mass is 396 g/mol. The maximum Gasteiger partial charge on any atom is 0.275 e. The molecule has 1 aromatic heterocycles. The number of carbonyl (C=O) groups is 1. The van der Waals surface area contributed by atoms with Crippen molar-refractivity contribution < 1.29 is 13.9 Å². The summed E-state index contributed by atoms with van der Waals surface area (Å²) in [6, 6.07) is 11.9. The van der Waals surface area contributed by atoms with Crippen molar-refractivity contribution in [3.8, 4) is 5.75 Å². The highest BCUT2D eigenvalue weighted by atomic mass is 19.1. The molecule has 8 heteroatoms. The van der Waals surface area contributed by atoms with Gasteiger partial charge in [-0.05, 0) is 23.8 Å². The maximum atomic E-state index is 13.9. The molecular formula is C21H21FN4O3. The van der Waals surface area contributed by atoms with Crippen LogP contribution in [-0.2, 0) is 6.54 Å². The molecule has 0 unspecified atom stereocenters. The first kappa shape index (κ1) is 19.1. The first-order chi connectivity index (χ1) is 14.1. The minimum Gasteiger partial charge on any atom is -0.494 e. The lowest BCUT2D eigenvalue weighted by atomic mass is 10.1. The van der Waals surface area contributed by atoms with E-state index in [1.54, 1.807) is 35.2 Å². The highest BCUT2D eigenvalue weighted by Gasteiger charge is 2.25. The van der Waals surface area contributed by atoms with Crippen LogP contribution in [0.5, 0.6) is 5.75 Å². The fraction of sp³-hybridized carbons (Fsp3) is 0.286. The number of nitrogens with one attached hydrogen (secondary N) is 1. The fourth-order valence-corrected chi connectivity index (χ4v) is 3.60. The van der Waals surface area contributed by atoms with Crippen LogP contribution in [0.25, 0.3) is 10.8 Å². The Morgan fingerprint density at radius 1 is 1.14 bits per heavy atom. The molecule has 4 rings (SSSR count). The van der Waals surface area contributed by atoms with Gasteiger partial charge in [-0.15, -0.1) is 0 Å². The van der Waals surface area contributed by atoms with Crippen LogP contribution in [0, 0.1) is 5.82 Å². The molecule has 150 valence electrons. The molecule has 1 fully saturated rings. The Hall–Kier alpha value is -3.26. The van der Waals surface area contributed by atoms with Crippen molar-refractivity contribution in [3.63, 3.8) is 0 Å². The van der Waals surface area contributed by atoms with Crippen LogP contribution in [-0.4, -0.2) is 59.2 Å². The predicted molar refractivity (Wildman–Crippen MR) is 106 cm³/mol. The lowest BCUT2D eigenvalue weighted by Crippen LogP contribution is -2.48. The van der Waals surface area contributed by atoms with Crippen molar-refractivity contribution in [1.29, 1.82) is 0 Å². The van der Waals surface area contributed by atoms with Crippen LogP contribution in [0.1, 0.15) is 16.1 Å². The molecule has 1 N–H and O–H groups in total. The molecule has 0 radical (unpaired) electrons. The fourth-order valence-electron chi connectivity index (χ4n) is 3.60. The Balaban J connectivity index is 1.43. The second-order valence-electron chi connectivity index (χ2n) is 6.98. The summed E-state index contributed by atoms with van der Waals surface area (Å²) in [6.45, 7) is 3.00. The van der Waals surface area contributed by atoms with Crippen molar-refractivity contribution in [2.75, 3.05) is 33.3 Å². The Morgan fingerprint density at radius 2 is 1.86 bits per heavy atom. The van der Waals surface area contributed by atoms with Crippen molar-refractivity contribution in [1.82, 2.24) is 20.0 Å². The summed E-state index contributed by atoms with van der Waals surface area (Å²) in [4.78, 5) is 28.8. The molecular weight excluding hydrogens is 375 g/mol. The molecule has 0 spiro atoms. The zero-order valence-corrected chi connectivity index (χ0v) is 16.0. The average Bonchev–Trinajstić information content (AvgIpc) is 2.74. The quantitative estimate of drug-likeness (QED) is 0.730. The van der Waals surface area contributed by atoms with Crippen LogP contribution in [0.2, 0.25) is 0 Å².